The molecule has 2 aromatic heterocycles. The molecule has 4 rings (SSSR count). The molecular weight excluding hydrogens is 380 g/mol. The third kappa shape index (κ3) is 3.57. The van der Waals surface area contributed by atoms with Gasteiger partial charge in [0, 0.05) is 49.6 Å². The zero-order valence-corrected chi connectivity index (χ0v) is 17.3. The number of anilines is 1. The number of hydrogen-bond donors (Lipinski definition) is 0. The number of nitrogens with zero attached hydrogens (tertiary/aromatic N) is 6. The van der Waals surface area contributed by atoms with Crippen LogP contribution in [-0.4, -0.2) is 76.5 Å². The predicted octanol–water partition coefficient (Wildman–Crippen LogP) is 0.603. The van der Waals surface area contributed by atoms with Gasteiger partial charge in [0.2, 0.25) is 5.91 Å². The molecule has 0 aliphatic carbocycles. The second-order valence-corrected chi connectivity index (χ2v) is 10.2. The van der Waals surface area contributed by atoms with E-state index in [1.54, 1.807) is 4.52 Å². The van der Waals surface area contributed by atoms with E-state index < -0.39 is 9.84 Å². The Kier molecular flexibility index (Phi) is 4.76. The molecule has 28 heavy (non-hydrogen) atoms. The molecule has 0 saturated carbocycles. The summed E-state index contributed by atoms with van der Waals surface area (Å²) in [7, 11) is -3.06. The monoisotopic (exact) mass is 406 g/mol. The van der Waals surface area contributed by atoms with Gasteiger partial charge in [0.25, 0.3) is 5.78 Å². The van der Waals surface area contributed by atoms with Gasteiger partial charge in [-0.1, -0.05) is 0 Å². The van der Waals surface area contributed by atoms with Crippen LogP contribution in [0.5, 0.6) is 0 Å². The average Bonchev–Trinajstić information content (AvgIpc) is 3.21. The first kappa shape index (κ1) is 19.1. The fourth-order valence-corrected chi connectivity index (χ4v) is 5.56. The quantitative estimate of drug-likeness (QED) is 0.733. The molecule has 10 heteroatoms. The summed E-state index contributed by atoms with van der Waals surface area (Å²) in [6.45, 7) is 6.20. The molecule has 2 fully saturated rings. The Labute approximate surface area is 164 Å². The number of rotatable bonds is 4. The number of likely N-dealkylation sites (tertiary alicyclic amines) is 1. The van der Waals surface area contributed by atoms with Crippen molar-refractivity contribution < 1.29 is 13.2 Å². The number of amides is 1. The van der Waals surface area contributed by atoms with E-state index in [1.807, 2.05) is 18.7 Å². The molecule has 1 amide bonds. The van der Waals surface area contributed by atoms with Crippen molar-refractivity contribution in [3.63, 3.8) is 0 Å². The Morgan fingerprint density at radius 1 is 1.21 bits per heavy atom. The lowest BCUT2D eigenvalue weighted by atomic mass is 10.0. The van der Waals surface area contributed by atoms with Crippen LogP contribution < -0.4 is 4.90 Å². The van der Waals surface area contributed by atoms with E-state index in [2.05, 4.69) is 20.0 Å². The van der Waals surface area contributed by atoms with Gasteiger partial charge >= 0.3 is 0 Å². The summed E-state index contributed by atoms with van der Waals surface area (Å²) >= 11 is 0. The van der Waals surface area contributed by atoms with Crippen LogP contribution in [0.1, 0.15) is 30.5 Å². The van der Waals surface area contributed by atoms with Crippen molar-refractivity contribution in [1.29, 1.82) is 0 Å². The van der Waals surface area contributed by atoms with Crippen LogP contribution in [0.3, 0.4) is 0 Å². The second kappa shape index (κ2) is 6.98. The van der Waals surface area contributed by atoms with Crippen LogP contribution in [-0.2, 0) is 14.6 Å². The summed E-state index contributed by atoms with van der Waals surface area (Å²) in [6, 6.07) is 0.169. The predicted molar refractivity (Wildman–Crippen MR) is 105 cm³/mol. The maximum Gasteiger partial charge on any atom is 0.254 e. The minimum atomic E-state index is -3.06. The lowest BCUT2D eigenvalue weighted by Crippen LogP contribution is -2.46. The Morgan fingerprint density at radius 3 is 2.61 bits per heavy atom. The van der Waals surface area contributed by atoms with Gasteiger partial charge in [0.05, 0.1) is 5.75 Å². The summed E-state index contributed by atoms with van der Waals surface area (Å²) < 4.78 is 24.9. The molecule has 1 atom stereocenters. The third-order valence-corrected chi connectivity index (χ3v) is 6.93. The highest BCUT2D eigenvalue weighted by atomic mass is 32.2. The van der Waals surface area contributed by atoms with E-state index in [-0.39, 0.29) is 23.6 Å². The molecule has 152 valence electrons. The van der Waals surface area contributed by atoms with Crippen molar-refractivity contribution in [2.75, 3.05) is 36.5 Å². The molecule has 2 aliphatic heterocycles. The first-order valence-electron chi connectivity index (χ1n) is 9.62. The number of aryl methyl sites for hydroxylation is 1. The van der Waals surface area contributed by atoms with Crippen LogP contribution in [0.15, 0.2) is 6.33 Å². The zero-order valence-electron chi connectivity index (χ0n) is 16.5. The lowest BCUT2D eigenvalue weighted by Gasteiger charge is -2.38. The fraction of sp³-hybridized carbons (Fsp3) is 0.667. The molecule has 4 heterocycles. The molecule has 9 nitrogen and oxygen atoms in total. The van der Waals surface area contributed by atoms with E-state index in [4.69, 9.17) is 0 Å². The van der Waals surface area contributed by atoms with Crippen LogP contribution in [0.4, 0.5) is 5.82 Å². The largest absolute Gasteiger partial charge is 0.356 e. The summed E-state index contributed by atoms with van der Waals surface area (Å²) in [5.41, 5.74) is 2.03. The van der Waals surface area contributed by atoms with Gasteiger partial charge in [0.1, 0.15) is 22.0 Å². The smallest absolute Gasteiger partial charge is 0.254 e. The van der Waals surface area contributed by atoms with Gasteiger partial charge in [-0.3, -0.25) is 4.79 Å². The van der Waals surface area contributed by atoms with Crippen LogP contribution >= 0.6 is 0 Å². The number of fused-ring (bicyclic) bond motifs is 1. The number of carbonyl (C=O) groups is 1. The Hall–Kier alpha value is -2.23. The SMILES string of the molecule is Cc1nc2ncnn2c(N2CCC(N3CC(CS(C)(=O)=O)CC3=O)CC2)c1C. The highest BCUT2D eigenvalue weighted by molar-refractivity contribution is 7.90. The number of hydrogen-bond acceptors (Lipinski definition) is 7. The van der Waals surface area contributed by atoms with E-state index in [0.29, 0.717) is 18.7 Å². The minimum Gasteiger partial charge on any atom is -0.356 e. The third-order valence-electron chi connectivity index (χ3n) is 5.86. The lowest BCUT2D eigenvalue weighted by molar-refractivity contribution is -0.130. The average molecular weight is 407 g/mol. The van der Waals surface area contributed by atoms with Crippen molar-refractivity contribution in [3.8, 4) is 0 Å². The van der Waals surface area contributed by atoms with Crippen LogP contribution in [0.2, 0.25) is 0 Å². The van der Waals surface area contributed by atoms with Crippen molar-refractivity contribution in [1.82, 2.24) is 24.5 Å². The number of aromatic nitrogens is 4. The highest BCUT2D eigenvalue weighted by Gasteiger charge is 2.37. The Balaban J connectivity index is 1.47. The molecular formula is C18H26N6O3S. The summed E-state index contributed by atoms with van der Waals surface area (Å²) in [5.74, 6) is 1.70. The van der Waals surface area contributed by atoms with Gasteiger partial charge in [-0.05, 0) is 32.6 Å². The molecule has 0 spiro atoms. The molecule has 2 aromatic rings. The molecule has 0 radical (unpaired) electrons. The van der Waals surface area contributed by atoms with Gasteiger partial charge in [-0.15, -0.1) is 0 Å². The Morgan fingerprint density at radius 2 is 1.93 bits per heavy atom. The molecule has 2 aliphatic rings. The van der Waals surface area contributed by atoms with Crippen LogP contribution in [0, 0.1) is 19.8 Å². The van der Waals surface area contributed by atoms with Gasteiger partial charge in [-0.25, -0.2) is 13.4 Å². The van der Waals surface area contributed by atoms with Gasteiger partial charge in [-0.2, -0.15) is 14.6 Å². The Bertz CT molecular complexity index is 1010. The van der Waals surface area contributed by atoms with E-state index >= 15 is 0 Å². The molecule has 0 aromatic carbocycles. The molecule has 0 N–H and O–H groups in total. The fourth-order valence-electron chi connectivity index (χ4n) is 4.48. The summed E-state index contributed by atoms with van der Waals surface area (Å²) in [5, 5.41) is 4.33. The van der Waals surface area contributed by atoms with Gasteiger partial charge in [0.15, 0.2) is 0 Å². The van der Waals surface area contributed by atoms with E-state index in [0.717, 1.165) is 43.0 Å². The number of carbonyl (C=O) groups excluding carboxylic acids is 1. The van der Waals surface area contributed by atoms with Crippen molar-refractivity contribution in [3.05, 3.63) is 17.6 Å². The number of sulfone groups is 1. The molecule has 1 unspecified atom stereocenters. The van der Waals surface area contributed by atoms with Crippen molar-refractivity contribution >= 4 is 27.3 Å². The maximum atomic E-state index is 12.4. The second-order valence-electron chi connectivity index (χ2n) is 8.04. The minimum absolute atomic E-state index is 0.0830. The summed E-state index contributed by atoms with van der Waals surface area (Å²) in [6.07, 6.45) is 4.81. The van der Waals surface area contributed by atoms with Crippen LogP contribution in [0.25, 0.3) is 5.78 Å². The van der Waals surface area contributed by atoms with E-state index in [9.17, 15) is 13.2 Å². The standard InChI is InChI=1S/C18H26N6O3S/c1-12-13(2)21-18-19-11-20-24(18)17(12)22-6-4-15(5-7-22)23-9-14(8-16(23)25)10-28(3,26)27/h11,14-15H,4-10H2,1-3H3. The summed E-state index contributed by atoms with van der Waals surface area (Å²) in [4.78, 5) is 25.3. The van der Waals surface area contributed by atoms with Crippen molar-refractivity contribution in [2.24, 2.45) is 5.92 Å². The first-order valence-corrected chi connectivity index (χ1v) is 11.7. The van der Waals surface area contributed by atoms with E-state index in [1.165, 1.54) is 12.6 Å². The zero-order chi connectivity index (χ0) is 20.1. The molecule has 0 bridgehead atoms. The van der Waals surface area contributed by atoms with Gasteiger partial charge < -0.3 is 9.80 Å². The number of piperidine rings is 1. The normalized spacial score (nSPS) is 21.8. The first-order chi connectivity index (χ1) is 13.2. The topological polar surface area (TPSA) is 101 Å². The van der Waals surface area contributed by atoms with Crippen molar-refractivity contribution in [2.45, 2.75) is 39.2 Å². The maximum absolute atomic E-state index is 12.4. The molecule has 2 saturated heterocycles. The highest BCUT2D eigenvalue weighted by Crippen LogP contribution is 2.30.